The van der Waals surface area contributed by atoms with Gasteiger partial charge in [-0.15, -0.1) is 0 Å². The molecule has 0 aliphatic rings. The van der Waals surface area contributed by atoms with Gasteiger partial charge in [0.05, 0.1) is 5.69 Å². The number of carbonyl (C=O) groups excluding carboxylic acids is 2. The first-order valence-corrected chi connectivity index (χ1v) is 4.56. The molecule has 16 heavy (non-hydrogen) atoms. The fourth-order valence-electron chi connectivity index (χ4n) is 1.11. The van der Waals surface area contributed by atoms with Crippen molar-refractivity contribution in [2.45, 2.75) is 19.1 Å². The minimum Gasteiger partial charge on any atom is -0.384 e. The van der Waals surface area contributed by atoms with Crippen molar-refractivity contribution in [1.82, 2.24) is 4.98 Å². The number of nitrogens with zero attached hydrogens (tertiary/aromatic N) is 1. The second-order valence-corrected chi connectivity index (χ2v) is 3.32. The van der Waals surface area contributed by atoms with Crippen LogP contribution >= 0.6 is 0 Å². The van der Waals surface area contributed by atoms with Gasteiger partial charge in [0.25, 0.3) is 0 Å². The first-order chi connectivity index (χ1) is 7.43. The van der Waals surface area contributed by atoms with Crippen LogP contribution in [0, 0.1) is 0 Å². The summed E-state index contributed by atoms with van der Waals surface area (Å²) < 4.78 is 0. The molecule has 2 unspecified atom stereocenters. The quantitative estimate of drug-likeness (QED) is 0.577. The minimum atomic E-state index is -1.71. The van der Waals surface area contributed by atoms with Gasteiger partial charge in [-0.2, -0.15) is 0 Å². The van der Waals surface area contributed by atoms with E-state index in [1.807, 2.05) is 0 Å². The lowest BCUT2D eigenvalue weighted by Gasteiger charge is -2.13. The van der Waals surface area contributed by atoms with Crippen molar-refractivity contribution in [2.24, 2.45) is 5.73 Å². The lowest BCUT2D eigenvalue weighted by atomic mass is 10.1. The van der Waals surface area contributed by atoms with E-state index in [9.17, 15) is 19.8 Å². The molecular formula is C10H12N2O4. The smallest absolute Gasteiger partial charge is 0.249 e. The number of aliphatic hydroxyl groups excluding tert-OH is 2. The van der Waals surface area contributed by atoms with E-state index >= 15 is 0 Å². The van der Waals surface area contributed by atoms with Gasteiger partial charge in [0.2, 0.25) is 5.91 Å². The molecule has 0 saturated carbocycles. The van der Waals surface area contributed by atoms with E-state index < -0.39 is 18.1 Å². The largest absolute Gasteiger partial charge is 0.384 e. The molecule has 2 atom stereocenters. The number of nitrogens with two attached hydrogens (primary N) is 1. The monoisotopic (exact) mass is 224 g/mol. The second kappa shape index (κ2) is 4.82. The molecule has 0 aliphatic heterocycles. The van der Waals surface area contributed by atoms with Gasteiger partial charge in [0.1, 0.15) is 6.10 Å². The number of primary amides is 1. The van der Waals surface area contributed by atoms with Gasteiger partial charge in [0.15, 0.2) is 11.9 Å². The van der Waals surface area contributed by atoms with Crippen LogP contribution < -0.4 is 5.73 Å². The van der Waals surface area contributed by atoms with Gasteiger partial charge in [0, 0.05) is 11.8 Å². The third-order valence-corrected chi connectivity index (χ3v) is 2.09. The number of amides is 1. The molecule has 6 nitrogen and oxygen atoms in total. The summed E-state index contributed by atoms with van der Waals surface area (Å²) in [5.74, 6) is -1.20. The van der Waals surface area contributed by atoms with Crippen LogP contribution in [-0.2, 0) is 4.79 Å². The number of rotatable bonds is 4. The van der Waals surface area contributed by atoms with E-state index in [1.54, 1.807) is 0 Å². The van der Waals surface area contributed by atoms with Crippen molar-refractivity contribution < 1.29 is 19.8 Å². The molecule has 1 aromatic rings. The van der Waals surface area contributed by atoms with Gasteiger partial charge < -0.3 is 15.9 Å². The lowest BCUT2D eigenvalue weighted by molar-refractivity contribution is -0.132. The SMILES string of the molecule is CC(=O)c1ccc(C(O)C(O)C(N)=O)nc1. The molecule has 1 rings (SSSR count). The van der Waals surface area contributed by atoms with Crippen LogP contribution in [-0.4, -0.2) is 33.0 Å². The standard InChI is InChI=1S/C10H12N2O4/c1-5(13)6-2-3-7(12-4-6)8(14)9(15)10(11)16/h2-4,8-9,14-15H,1H3,(H2,11,16). The van der Waals surface area contributed by atoms with Gasteiger partial charge in [-0.25, -0.2) is 0 Å². The van der Waals surface area contributed by atoms with Crippen LogP contribution in [0.4, 0.5) is 0 Å². The summed E-state index contributed by atoms with van der Waals surface area (Å²) in [5.41, 5.74) is 5.28. The van der Waals surface area contributed by atoms with Gasteiger partial charge in [-0.3, -0.25) is 14.6 Å². The Bertz CT molecular complexity index is 402. The summed E-state index contributed by atoms with van der Waals surface area (Å²) in [4.78, 5) is 25.3. The fraction of sp³-hybridized carbons (Fsp3) is 0.300. The second-order valence-electron chi connectivity index (χ2n) is 3.32. The highest BCUT2D eigenvalue weighted by molar-refractivity contribution is 5.93. The van der Waals surface area contributed by atoms with Crippen molar-refractivity contribution in [3.05, 3.63) is 29.6 Å². The topological polar surface area (TPSA) is 114 Å². The predicted molar refractivity (Wildman–Crippen MR) is 54.4 cm³/mol. The van der Waals surface area contributed by atoms with Crippen molar-refractivity contribution in [3.63, 3.8) is 0 Å². The number of ketones is 1. The zero-order valence-corrected chi connectivity index (χ0v) is 8.62. The van der Waals surface area contributed by atoms with Crippen LogP contribution in [0.3, 0.4) is 0 Å². The molecule has 1 heterocycles. The molecule has 0 spiro atoms. The summed E-state index contributed by atoms with van der Waals surface area (Å²) in [6, 6.07) is 2.80. The molecule has 0 bridgehead atoms. The first-order valence-electron chi connectivity index (χ1n) is 4.56. The summed E-state index contributed by atoms with van der Waals surface area (Å²) in [5, 5.41) is 18.7. The van der Waals surface area contributed by atoms with Crippen molar-refractivity contribution in [1.29, 1.82) is 0 Å². The third-order valence-electron chi connectivity index (χ3n) is 2.09. The molecule has 6 heteroatoms. The highest BCUT2D eigenvalue weighted by atomic mass is 16.3. The van der Waals surface area contributed by atoms with E-state index in [4.69, 9.17) is 5.73 Å². The number of hydrogen-bond acceptors (Lipinski definition) is 5. The van der Waals surface area contributed by atoms with E-state index in [2.05, 4.69) is 4.98 Å². The fourth-order valence-corrected chi connectivity index (χ4v) is 1.11. The normalized spacial score (nSPS) is 14.2. The average molecular weight is 224 g/mol. The van der Waals surface area contributed by atoms with Gasteiger partial charge in [-0.1, -0.05) is 0 Å². The maximum Gasteiger partial charge on any atom is 0.249 e. The molecule has 0 saturated heterocycles. The van der Waals surface area contributed by atoms with Crippen LogP contribution in [0.5, 0.6) is 0 Å². The molecule has 86 valence electrons. The Kier molecular flexibility index (Phi) is 3.70. The molecule has 1 amide bonds. The Morgan fingerprint density at radius 1 is 1.38 bits per heavy atom. The van der Waals surface area contributed by atoms with Crippen LogP contribution in [0.1, 0.15) is 29.1 Å². The van der Waals surface area contributed by atoms with Gasteiger partial charge in [-0.05, 0) is 19.1 Å². The lowest BCUT2D eigenvalue weighted by Crippen LogP contribution is -2.34. The summed E-state index contributed by atoms with van der Waals surface area (Å²) in [7, 11) is 0. The average Bonchev–Trinajstić information content (AvgIpc) is 2.27. The van der Waals surface area contributed by atoms with Crippen LogP contribution in [0.25, 0.3) is 0 Å². The van der Waals surface area contributed by atoms with Crippen LogP contribution in [0.15, 0.2) is 18.3 Å². The highest BCUT2D eigenvalue weighted by Gasteiger charge is 2.24. The zero-order chi connectivity index (χ0) is 12.3. The Hall–Kier alpha value is -1.79. The van der Waals surface area contributed by atoms with E-state index in [-0.39, 0.29) is 11.5 Å². The van der Waals surface area contributed by atoms with Gasteiger partial charge >= 0.3 is 0 Å². The maximum absolute atomic E-state index is 10.9. The molecule has 0 fully saturated rings. The molecule has 4 N–H and O–H groups in total. The van der Waals surface area contributed by atoms with E-state index in [0.29, 0.717) is 5.56 Å². The maximum atomic E-state index is 10.9. The number of aromatic nitrogens is 1. The Labute approximate surface area is 91.7 Å². The highest BCUT2D eigenvalue weighted by Crippen LogP contribution is 2.14. The van der Waals surface area contributed by atoms with E-state index in [0.717, 1.165) is 0 Å². The number of aliphatic hydroxyl groups is 2. The van der Waals surface area contributed by atoms with Crippen molar-refractivity contribution in [2.75, 3.05) is 0 Å². The Morgan fingerprint density at radius 3 is 2.38 bits per heavy atom. The predicted octanol–water partition coefficient (Wildman–Crippen LogP) is -0.836. The molecule has 0 aromatic carbocycles. The first kappa shape index (κ1) is 12.3. The van der Waals surface area contributed by atoms with Crippen LogP contribution in [0.2, 0.25) is 0 Å². The zero-order valence-electron chi connectivity index (χ0n) is 8.62. The summed E-state index contributed by atoms with van der Waals surface area (Å²) >= 11 is 0. The Balaban J connectivity index is 2.89. The molecule has 0 aliphatic carbocycles. The van der Waals surface area contributed by atoms with E-state index in [1.165, 1.54) is 25.3 Å². The number of hydrogen-bond donors (Lipinski definition) is 3. The Morgan fingerprint density at radius 2 is 2.00 bits per heavy atom. The third kappa shape index (κ3) is 2.62. The molecule has 1 aromatic heterocycles. The molecular weight excluding hydrogens is 212 g/mol. The summed E-state index contributed by atoms with van der Waals surface area (Å²) in [6.07, 6.45) is -1.94. The van der Waals surface area contributed by atoms with Crippen molar-refractivity contribution >= 4 is 11.7 Å². The minimum absolute atomic E-state index is 0.0799. The number of carbonyl (C=O) groups is 2. The number of pyridine rings is 1. The number of Topliss-reactive ketones (excluding diaryl/α,β-unsaturated/α-hetero) is 1. The summed E-state index contributed by atoms with van der Waals surface area (Å²) in [6.45, 7) is 1.38. The molecule has 0 radical (unpaired) electrons. The van der Waals surface area contributed by atoms with Crippen molar-refractivity contribution in [3.8, 4) is 0 Å².